The first-order chi connectivity index (χ1) is 14.0. The van der Waals surface area contributed by atoms with Gasteiger partial charge in [0.2, 0.25) is 0 Å². The molecule has 1 saturated heterocycles. The van der Waals surface area contributed by atoms with E-state index in [0.29, 0.717) is 18.0 Å². The van der Waals surface area contributed by atoms with Crippen LogP contribution in [0.3, 0.4) is 0 Å². The number of carbonyl (C=O) groups excluding carboxylic acids is 2. The fraction of sp³-hybridized carbons (Fsp3) is 0.565. The van der Waals surface area contributed by atoms with Crippen LogP contribution in [0.5, 0.6) is 0 Å². The largest absolute Gasteiger partial charge is 0.483 e. The third-order valence-corrected chi connectivity index (χ3v) is 7.29. The Morgan fingerprint density at radius 2 is 2.07 bits per heavy atom. The highest BCUT2D eigenvalue weighted by Gasteiger charge is 2.52. The SMILES string of the molecule is CC1CCC2OC3=C(C(=O)C2C1)C(c1cccc(Br)c1)N(CC1CCCO1)C3=O. The lowest BCUT2D eigenvalue weighted by atomic mass is 9.74. The van der Waals surface area contributed by atoms with E-state index >= 15 is 0 Å². The molecule has 154 valence electrons. The van der Waals surface area contributed by atoms with Gasteiger partial charge in [0, 0.05) is 17.6 Å². The number of amides is 1. The van der Waals surface area contributed by atoms with Crippen molar-refractivity contribution < 1.29 is 19.1 Å². The van der Waals surface area contributed by atoms with Gasteiger partial charge in [0.1, 0.15) is 6.10 Å². The van der Waals surface area contributed by atoms with Gasteiger partial charge in [-0.05, 0) is 55.7 Å². The van der Waals surface area contributed by atoms with Crippen molar-refractivity contribution in [3.8, 4) is 0 Å². The third-order valence-electron chi connectivity index (χ3n) is 6.79. The van der Waals surface area contributed by atoms with Crippen molar-refractivity contribution in [3.05, 3.63) is 45.6 Å². The van der Waals surface area contributed by atoms with Gasteiger partial charge < -0.3 is 14.4 Å². The molecule has 5 unspecified atom stereocenters. The number of hydrogen-bond donors (Lipinski definition) is 0. The minimum atomic E-state index is -0.398. The van der Waals surface area contributed by atoms with Gasteiger partial charge in [0.15, 0.2) is 11.5 Å². The van der Waals surface area contributed by atoms with Crippen molar-refractivity contribution in [3.63, 3.8) is 0 Å². The monoisotopic (exact) mass is 459 g/mol. The summed E-state index contributed by atoms with van der Waals surface area (Å²) in [6.45, 7) is 3.42. The van der Waals surface area contributed by atoms with E-state index < -0.39 is 6.04 Å². The molecule has 1 amide bonds. The zero-order valence-corrected chi connectivity index (χ0v) is 18.2. The molecular formula is C23H26BrNO4. The Kier molecular flexibility index (Phi) is 5.03. The highest BCUT2D eigenvalue weighted by molar-refractivity contribution is 9.10. The Hall–Kier alpha value is -1.66. The molecular weight excluding hydrogens is 434 g/mol. The summed E-state index contributed by atoms with van der Waals surface area (Å²) in [5, 5.41) is 0. The Bertz CT molecular complexity index is 875. The lowest BCUT2D eigenvalue weighted by molar-refractivity contribution is -0.136. The van der Waals surface area contributed by atoms with Gasteiger partial charge in [-0.1, -0.05) is 35.0 Å². The third kappa shape index (κ3) is 3.34. The summed E-state index contributed by atoms with van der Waals surface area (Å²) in [6, 6.07) is 7.50. The molecule has 1 saturated carbocycles. The molecule has 4 aliphatic rings. The summed E-state index contributed by atoms with van der Waals surface area (Å²) in [7, 11) is 0. The molecule has 29 heavy (non-hydrogen) atoms. The number of benzene rings is 1. The molecule has 2 fully saturated rings. The van der Waals surface area contributed by atoms with Crippen molar-refractivity contribution in [2.24, 2.45) is 11.8 Å². The second-order valence-corrected chi connectivity index (χ2v) is 9.75. The van der Waals surface area contributed by atoms with Crippen LogP contribution in [-0.4, -0.2) is 41.9 Å². The number of carbonyl (C=O) groups is 2. The van der Waals surface area contributed by atoms with E-state index in [-0.39, 0.29) is 35.6 Å². The molecule has 0 radical (unpaired) electrons. The molecule has 1 aromatic rings. The molecule has 3 heterocycles. The maximum Gasteiger partial charge on any atom is 0.290 e. The molecule has 5 rings (SSSR count). The van der Waals surface area contributed by atoms with E-state index in [9.17, 15) is 9.59 Å². The van der Waals surface area contributed by atoms with Crippen molar-refractivity contribution in [1.29, 1.82) is 0 Å². The van der Waals surface area contributed by atoms with Crippen LogP contribution in [0.2, 0.25) is 0 Å². The summed E-state index contributed by atoms with van der Waals surface area (Å²) < 4.78 is 13.0. The van der Waals surface area contributed by atoms with Crippen molar-refractivity contribution in [1.82, 2.24) is 4.90 Å². The number of fused-ring (bicyclic) bond motifs is 1. The molecule has 0 N–H and O–H groups in total. The predicted molar refractivity (Wildman–Crippen MR) is 111 cm³/mol. The van der Waals surface area contributed by atoms with Gasteiger partial charge in [0.05, 0.1) is 23.6 Å². The number of ketones is 1. The van der Waals surface area contributed by atoms with E-state index in [4.69, 9.17) is 9.47 Å². The van der Waals surface area contributed by atoms with Crippen LogP contribution in [0.1, 0.15) is 50.6 Å². The second-order valence-electron chi connectivity index (χ2n) is 8.84. The molecule has 3 aliphatic heterocycles. The zero-order valence-electron chi connectivity index (χ0n) is 16.6. The zero-order chi connectivity index (χ0) is 20.1. The van der Waals surface area contributed by atoms with E-state index in [1.165, 1.54) is 0 Å². The van der Waals surface area contributed by atoms with Crippen LogP contribution in [0.25, 0.3) is 0 Å². The average Bonchev–Trinajstić information content (AvgIpc) is 3.31. The Labute approximate surface area is 179 Å². The topological polar surface area (TPSA) is 55.8 Å². The number of Topliss-reactive ketones (excluding diaryl/α,β-unsaturated/α-hetero) is 1. The highest BCUT2D eigenvalue weighted by Crippen LogP contribution is 2.48. The number of hydrogen-bond acceptors (Lipinski definition) is 4. The number of ether oxygens (including phenoxy) is 2. The molecule has 5 nitrogen and oxygen atoms in total. The molecule has 1 aromatic carbocycles. The Morgan fingerprint density at radius 1 is 1.21 bits per heavy atom. The molecule has 0 aromatic heterocycles. The molecule has 5 atom stereocenters. The lowest BCUT2D eigenvalue weighted by Gasteiger charge is -2.37. The fourth-order valence-electron chi connectivity index (χ4n) is 5.34. The smallest absolute Gasteiger partial charge is 0.290 e. The van der Waals surface area contributed by atoms with Crippen LogP contribution < -0.4 is 0 Å². The predicted octanol–water partition coefficient (Wildman–Crippen LogP) is 4.17. The summed E-state index contributed by atoms with van der Waals surface area (Å²) in [4.78, 5) is 28.8. The van der Waals surface area contributed by atoms with E-state index in [0.717, 1.165) is 48.7 Å². The molecule has 0 spiro atoms. The first-order valence-corrected chi connectivity index (χ1v) is 11.5. The quantitative estimate of drug-likeness (QED) is 0.680. The van der Waals surface area contributed by atoms with Crippen LogP contribution in [0, 0.1) is 11.8 Å². The van der Waals surface area contributed by atoms with Crippen LogP contribution in [0.15, 0.2) is 40.1 Å². The van der Waals surface area contributed by atoms with Gasteiger partial charge in [0.25, 0.3) is 5.91 Å². The van der Waals surface area contributed by atoms with E-state index in [1.807, 2.05) is 24.3 Å². The highest BCUT2D eigenvalue weighted by atomic mass is 79.9. The van der Waals surface area contributed by atoms with Crippen molar-refractivity contribution >= 4 is 27.6 Å². The van der Waals surface area contributed by atoms with E-state index in [2.05, 4.69) is 22.9 Å². The number of rotatable bonds is 3. The maximum atomic E-state index is 13.6. The maximum absolute atomic E-state index is 13.6. The lowest BCUT2D eigenvalue weighted by Crippen LogP contribution is -2.41. The minimum absolute atomic E-state index is 0.0207. The van der Waals surface area contributed by atoms with Gasteiger partial charge in [-0.25, -0.2) is 0 Å². The summed E-state index contributed by atoms with van der Waals surface area (Å²) in [5.41, 5.74) is 1.50. The minimum Gasteiger partial charge on any atom is -0.483 e. The first kappa shape index (κ1) is 19.3. The van der Waals surface area contributed by atoms with Crippen LogP contribution >= 0.6 is 15.9 Å². The van der Waals surface area contributed by atoms with Crippen molar-refractivity contribution in [2.75, 3.05) is 13.2 Å². The summed E-state index contributed by atoms with van der Waals surface area (Å²) in [6.07, 6.45) is 4.54. The number of nitrogens with zero attached hydrogens (tertiary/aromatic N) is 1. The molecule has 0 bridgehead atoms. The van der Waals surface area contributed by atoms with Crippen LogP contribution in [0.4, 0.5) is 0 Å². The standard InChI is InChI=1S/C23H26BrNO4/c1-13-7-8-18-17(10-13)21(26)19-20(14-4-2-5-15(24)11-14)25(23(27)22(19)29-18)12-16-6-3-9-28-16/h2,4-5,11,13,16-18,20H,3,6-10,12H2,1H3. The Balaban J connectivity index is 1.55. The Morgan fingerprint density at radius 3 is 2.83 bits per heavy atom. The van der Waals surface area contributed by atoms with Crippen LogP contribution in [-0.2, 0) is 19.1 Å². The van der Waals surface area contributed by atoms with Gasteiger partial charge in [-0.3, -0.25) is 9.59 Å². The van der Waals surface area contributed by atoms with Gasteiger partial charge in [-0.15, -0.1) is 0 Å². The fourth-order valence-corrected chi connectivity index (χ4v) is 5.76. The summed E-state index contributed by atoms with van der Waals surface area (Å²) in [5.74, 6) is 0.605. The molecule has 1 aliphatic carbocycles. The van der Waals surface area contributed by atoms with E-state index in [1.54, 1.807) is 4.90 Å². The average molecular weight is 460 g/mol. The first-order valence-electron chi connectivity index (χ1n) is 10.7. The van der Waals surface area contributed by atoms with Crippen molar-refractivity contribution in [2.45, 2.75) is 57.3 Å². The molecule has 6 heteroatoms. The summed E-state index contributed by atoms with van der Waals surface area (Å²) >= 11 is 3.54. The number of halogens is 1. The van der Waals surface area contributed by atoms with Gasteiger partial charge >= 0.3 is 0 Å². The second kappa shape index (κ2) is 7.55. The van der Waals surface area contributed by atoms with Gasteiger partial charge in [-0.2, -0.15) is 0 Å². The normalized spacial score (nSPS) is 34.3.